The number of ether oxygens (including phenoxy) is 1. The van der Waals surface area contributed by atoms with Crippen LogP contribution in [0.2, 0.25) is 0 Å². The summed E-state index contributed by atoms with van der Waals surface area (Å²) in [7, 11) is 0. The zero-order valence-electron chi connectivity index (χ0n) is 13.3. The summed E-state index contributed by atoms with van der Waals surface area (Å²) in [4.78, 5) is 23.6. The third-order valence-electron chi connectivity index (χ3n) is 3.33. The summed E-state index contributed by atoms with van der Waals surface area (Å²) in [6.07, 6.45) is 0. The molecule has 0 unspecified atom stereocenters. The Morgan fingerprint density at radius 1 is 1.13 bits per heavy atom. The van der Waals surface area contributed by atoms with Gasteiger partial charge in [0.05, 0.1) is 11.1 Å². The fourth-order valence-electron chi connectivity index (χ4n) is 2.18. The van der Waals surface area contributed by atoms with Gasteiger partial charge in [0, 0.05) is 16.8 Å². The second-order valence-corrected chi connectivity index (χ2v) is 5.98. The summed E-state index contributed by atoms with van der Waals surface area (Å²) < 4.78 is 6.29. The molecule has 0 radical (unpaired) electrons. The van der Waals surface area contributed by atoms with E-state index < -0.39 is 0 Å². The van der Waals surface area contributed by atoms with Gasteiger partial charge in [-0.05, 0) is 78.7 Å². The fourth-order valence-corrected chi connectivity index (χ4v) is 2.85. The van der Waals surface area contributed by atoms with Crippen LogP contribution in [0.25, 0.3) is 0 Å². The van der Waals surface area contributed by atoms with Crippen LogP contribution in [0.3, 0.4) is 0 Å². The number of anilines is 1. The average molecular weight is 376 g/mol. The van der Waals surface area contributed by atoms with Crippen LogP contribution < -0.4 is 10.1 Å². The molecule has 0 saturated heterocycles. The first-order valence-corrected chi connectivity index (χ1v) is 8.07. The van der Waals surface area contributed by atoms with Crippen molar-refractivity contribution in [2.24, 2.45) is 0 Å². The molecule has 0 aliphatic carbocycles. The maximum absolute atomic E-state index is 12.4. The fraction of sp³-hybridized carbons (Fsp3) is 0.222. The molecule has 2 aromatic carbocycles. The highest BCUT2D eigenvalue weighted by molar-refractivity contribution is 9.10. The number of halogens is 1. The van der Waals surface area contributed by atoms with E-state index >= 15 is 0 Å². The summed E-state index contributed by atoms with van der Waals surface area (Å²) in [5.74, 6) is 0.524. The van der Waals surface area contributed by atoms with Crippen LogP contribution in [0.1, 0.15) is 40.1 Å². The molecule has 5 heteroatoms. The first-order valence-electron chi connectivity index (χ1n) is 7.27. The summed E-state index contributed by atoms with van der Waals surface area (Å²) in [5.41, 5.74) is 2.68. The molecule has 0 aliphatic heterocycles. The van der Waals surface area contributed by atoms with Crippen LogP contribution in [0.4, 0.5) is 5.69 Å². The van der Waals surface area contributed by atoms with Gasteiger partial charge in [-0.3, -0.25) is 9.59 Å². The van der Waals surface area contributed by atoms with Gasteiger partial charge in [-0.1, -0.05) is 0 Å². The lowest BCUT2D eigenvalue weighted by Gasteiger charge is -2.12. The Bertz CT molecular complexity index is 715. The Kier molecular flexibility index (Phi) is 5.55. The summed E-state index contributed by atoms with van der Waals surface area (Å²) in [6, 6.07) is 10.3. The number of hydrogen-bond acceptors (Lipinski definition) is 3. The van der Waals surface area contributed by atoms with Gasteiger partial charge in [0.15, 0.2) is 5.78 Å². The number of nitrogens with one attached hydrogen (secondary N) is 1. The van der Waals surface area contributed by atoms with E-state index in [9.17, 15) is 9.59 Å². The van der Waals surface area contributed by atoms with E-state index in [1.807, 2.05) is 13.8 Å². The van der Waals surface area contributed by atoms with E-state index in [-0.39, 0.29) is 11.7 Å². The van der Waals surface area contributed by atoms with Crippen LogP contribution in [0.15, 0.2) is 40.9 Å². The zero-order valence-corrected chi connectivity index (χ0v) is 14.9. The number of hydrogen-bond donors (Lipinski definition) is 1. The van der Waals surface area contributed by atoms with Crippen molar-refractivity contribution >= 4 is 33.3 Å². The number of rotatable bonds is 5. The van der Waals surface area contributed by atoms with Crippen LogP contribution in [0.5, 0.6) is 5.75 Å². The van der Waals surface area contributed by atoms with Gasteiger partial charge >= 0.3 is 0 Å². The van der Waals surface area contributed by atoms with Crippen molar-refractivity contribution in [3.8, 4) is 5.75 Å². The molecule has 0 atom stereocenters. The lowest BCUT2D eigenvalue weighted by molar-refractivity contribution is 0.101. The first kappa shape index (κ1) is 17.2. The molecule has 2 rings (SSSR count). The van der Waals surface area contributed by atoms with Gasteiger partial charge in [0.25, 0.3) is 5.91 Å². The highest BCUT2D eigenvalue weighted by Gasteiger charge is 2.13. The lowest BCUT2D eigenvalue weighted by atomic mass is 10.1. The van der Waals surface area contributed by atoms with Gasteiger partial charge in [0.1, 0.15) is 5.75 Å². The minimum atomic E-state index is -0.215. The molecule has 4 nitrogen and oxygen atoms in total. The minimum absolute atomic E-state index is 0.00561. The van der Waals surface area contributed by atoms with Crippen molar-refractivity contribution < 1.29 is 14.3 Å². The molecule has 0 heterocycles. The third-order valence-corrected chi connectivity index (χ3v) is 3.92. The Morgan fingerprint density at radius 3 is 2.30 bits per heavy atom. The van der Waals surface area contributed by atoms with E-state index in [2.05, 4.69) is 21.2 Å². The molecule has 0 aliphatic rings. The molecule has 0 fully saturated rings. The molecule has 0 bridgehead atoms. The van der Waals surface area contributed by atoms with Gasteiger partial charge in [0.2, 0.25) is 0 Å². The molecule has 1 amide bonds. The number of aryl methyl sites for hydroxylation is 1. The maximum atomic E-state index is 12.4. The van der Waals surface area contributed by atoms with Crippen LogP contribution in [-0.4, -0.2) is 18.3 Å². The molecule has 1 N–H and O–H groups in total. The summed E-state index contributed by atoms with van der Waals surface area (Å²) in [5, 5.41) is 2.82. The number of benzene rings is 2. The average Bonchev–Trinajstić information content (AvgIpc) is 2.51. The second kappa shape index (κ2) is 7.42. The van der Waals surface area contributed by atoms with E-state index in [0.29, 0.717) is 23.4 Å². The molecule has 0 spiro atoms. The number of ketones is 1. The highest BCUT2D eigenvalue weighted by Crippen LogP contribution is 2.30. The van der Waals surface area contributed by atoms with Gasteiger partial charge in [-0.25, -0.2) is 0 Å². The van der Waals surface area contributed by atoms with E-state index in [1.54, 1.807) is 36.4 Å². The summed E-state index contributed by atoms with van der Waals surface area (Å²) in [6.45, 7) is 5.88. The molecule has 0 aromatic heterocycles. The Labute approximate surface area is 144 Å². The minimum Gasteiger partial charge on any atom is -0.492 e. The molecule has 2 aromatic rings. The SMILES string of the molecule is CCOc1c(C)cc(C(=O)Nc2ccc(C(C)=O)cc2)cc1Br. The van der Waals surface area contributed by atoms with Crippen LogP contribution >= 0.6 is 15.9 Å². The highest BCUT2D eigenvalue weighted by atomic mass is 79.9. The largest absolute Gasteiger partial charge is 0.492 e. The number of carbonyl (C=O) groups is 2. The zero-order chi connectivity index (χ0) is 17.0. The Morgan fingerprint density at radius 2 is 1.78 bits per heavy atom. The van der Waals surface area contributed by atoms with Crippen molar-refractivity contribution in [2.75, 3.05) is 11.9 Å². The number of Topliss-reactive ketones (excluding diaryl/α,β-unsaturated/α-hetero) is 1. The molecule has 23 heavy (non-hydrogen) atoms. The Hall–Kier alpha value is -2.14. The van der Waals surface area contributed by atoms with E-state index in [1.165, 1.54) is 6.92 Å². The van der Waals surface area contributed by atoms with E-state index in [4.69, 9.17) is 4.74 Å². The summed E-state index contributed by atoms with van der Waals surface area (Å²) >= 11 is 3.44. The van der Waals surface area contributed by atoms with Crippen molar-refractivity contribution in [1.29, 1.82) is 0 Å². The molecule has 0 saturated carbocycles. The third kappa shape index (κ3) is 4.20. The Balaban J connectivity index is 2.19. The van der Waals surface area contributed by atoms with Crippen molar-refractivity contribution in [2.45, 2.75) is 20.8 Å². The monoisotopic (exact) mass is 375 g/mol. The second-order valence-electron chi connectivity index (χ2n) is 5.12. The number of carbonyl (C=O) groups excluding carboxylic acids is 2. The smallest absolute Gasteiger partial charge is 0.255 e. The lowest BCUT2D eigenvalue weighted by Crippen LogP contribution is -2.12. The van der Waals surface area contributed by atoms with E-state index in [0.717, 1.165) is 15.8 Å². The van der Waals surface area contributed by atoms with Crippen molar-refractivity contribution in [3.05, 3.63) is 57.6 Å². The topological polar surface area (TPSA) is 55.4 Å². The van der Waals surface area contributed by atoms with Gasteiger partial charge < -0.3 is 10.1 Å². The van der Waals surface area contributed by atoms with Gasteiger partial charge in [-0.15, -0.1) is 0 Å². The predicted octanol–water partition coefficient (Wildman–Crippen LogP) is 4.61. The van der Waals surface area contributed by atoms with Crippen LogP contribution in [0, 0.1) is 6.92 Å². The van der Waals surface area contributed by atoms with Crippen LogP contribution in [-0.2, 0) is 0 Å². The molecular weight excluding hydrogens is 358 g/mol. The first-order chi connectivity index (χ1) is 10.9. The standard InChI is InChI=1S/C18H18BrNO3/c1-4-23-17-11(2)9-14(10-16(17)19)18(22)20-15-7-5-13(6-8-15)12(3)21/h5-10H,4H2,1-3H3,(H,20,22). The van der Waals surface area contributed by atoms with Gasteiger partial charge in [-0.2, -0.15) is 0 Å². The van der Waals surface area contributed by atoms with Crippen molar-refractivity contribution in [1.82, 2.24) is 0 Å². The maximum Gasteiger partial charge on any atom is 0.255 e. The van der Waals surface area contributed by atoms with Crippen molar-refractivity contribution in [3.63, 3.8) is 0 Å². The molecular formula is C18H18BrNO3. The number of amides is 1. The normalized spacial score (nSPS) is 10.3. The molecule has 120 valence electrons. The quantitative estimate of drug-likeness (QED) is 0.776. The predicted molar refractivity (Wildman–Crippen MR) is 94.4 cm³/mol.